The lowest BCUT2D eigenvalue weighted by Gasteiger charge is -2.16. The first-order valence-corrected chi connectivity index (χ1v) is 11.0. The van der Waals surface area contributed by atoms with E-state index in [-0.39, 0.29) is 0 Å². The second-order valence-electron chi connectivity index (χ2n) is 7.52. The van der Waals surface area contributed by atoms with E-state index in [1.165, 1.54) is 25.7 Å². The van der Waals surface area contributed by atoms with Gasteiger partial charge < -0.3 is 19.9 Å². The van der Waals surface area contributed by atoms with Gasteiger partial charge in [-0.15, -0.1) is 10.2 Å². The minimum atomic E-state index is 0.620. The Kier molecular flexibility index (Phi) is 8.75. The van der Waals surface area contributed by atoms with E-state index < -0.39 is 0 Å². The van der Waals surface area contributed by atoms with Crippen LogP contribution in [-0.2, 0) is 19.5 Å². The van der Waals surface area contributed by atoms with Crippen LogP contribution >= 0.6 is 0 Å². The number of rotatable bonds is 10. The number of benzene rings is 1. The molecule has 7 heteroatoms. The van der Waals surface area contributed by atoms with Crippen molar-refractivity contribution in [2.75, 3.05) is 20.2 Å². The zero-order valence-electron chi connectivity index (χ0n) is 18.2. The quantitative estimate of drug-likeness (QED) is 0.356. The summed E-state index contributed by atoms with van der Waals surface area (Å²) >= 11 is 0. The van der Waals surface area contributed by atoms with Crippen molar-refractivity contribution in [1.29, 1.82) is 0 Å². The zero-order chi connectivity index (χ0) is 21.0. The van der Waals surface area contributed by atoms with Crippen LogP contribution in [0, 0.1) is 0 Å². The molecule has 7 nitrogen and oxygen atoms in total. The SMILES string of the molecule is CCc1nncn1CCNC(=NCc1ccc(OC)cc1)NCCC1=CCCCC1. The van der Waals surface area contributed by atoms with Crippen molar-refractivity contribution in [3.63, 3.8) is 0 Å². The van der Waals surface area contributed by atoms with Crippen molar-refractivity contribution in [2.45, 2.75) is 58.5 Å². The van der Waals surface area contributed by atoms with Crippen molar-refractivity contribution >= 4 is 5.96 Å². The summed E-state index contributed by atoms with van der Waals surface area (Å²) in [6.45, 7) is 5.19. The number of nitrogens with zero attached hydrogens (tertiary/aromatic N) is 4. The molecule has 1 aliphatic carbocycles. The predicted octanol–water partition coefficient (Wildman–Crippen LogP) is 3.48. The molecule has 1 aromatic heterocycles. The molecule has 0 spiro atoms. The maximum Gasteiger partial charge on any atom is 0.191 e. The summed E-state index contributed by atoms with van der Waals surface area (Å²) in [5.74, 6) is 2.71. The third-order valence-electron chi connectivity index (χ3n) is 5.36. The number of nitrogens with one attached hydrogen (secondary N) is 2. The molecule has 3 rings (SSSR count). The molecular formula is C23H34N6O. The molecule has 0 atom stereocenters. The number of ether oxygens (including phenoxy) is 1. The first-order valence-electron chi connectivity index (χ1n) is 11.0. The minimum Gasteiger partial charge on any atom is -0.497 e. The molecule has 2 N–H and O–H groups in total. The largest absolute Gasteiger partial charge is 0.497 e. The molecule has 0 fully saturated rings. The van der Waals surface area contributed by atoms with Gasteiger partial charge in [0, 0.05) is 26.1 Å². The molecule has 0 amide bonds. The average molecular weight is 411 g/mol. The Morgan fingerprint density at radius 3 is 2.73 bits per heavy atom. The standard InChI is InChI=1S/C23H34N6O/c1-3-22-28-27-18-29(22)16-15-25-23(24-14-13-19-7-5-4-6-8-19)26-17-20-9-11-21(30-2)12-10-20/h7,9-12,18H,3-6,8,13-17H2,1-2H3,(H2,24,25,26). The molecule has 1 heterocycles. The molecule has 30 heavy (non-hydrogen) atoms. The summed E-state index contributed by atoms with van der Waals surface area (Å²) in [5.41, 5.74) is 2.72. The monoisotopic (exact) mass is 410 g/mol. The predicted molar refractivity (Wildman–Crippen MR) is 121 cm³/mol. The summed E-state index contributed by atoms with van der Waals surface area (Å²) < 4.78 is 7.32. The summed E-state index contributed by atoms with van der Waals surface area (Å²) in [6, 6.07) is 8.05. The maximum absolute atomic E-state index is 5.23. The van der Waals surface area contributed by atoms with Crippen LogP contribution in [-0.4, -0.2) is 40.9 Å². The molecule has 0 unspecified atom stereocenters. The molecule has 0 bridgehead atoms. The minimum absolute atomic E-state index is 0.620. The highest BCUT2D eigenvalue weighted by Crippen LogP contribution is 2.19. The summed E-state index contributed by atoms with van der Waals surface area (Å²) in [5, 5.41) is 15.1. The number of aliphatic imine (C=N–C) groups is 1. The lowest BCUT2D eigenvalue weighted by molar-refractivity contribution is 0.414. The van der Waals surface area contributed by atoms with Gasteiger partial charge in [-0.2, -0.15) is 0 Å². The average Bonchev–Trinajstić information content (AvgIpc) is 3.25. The molecule has 0 radical (unpaired) electrons. The van der Waals surface area contributed by atoms with Crippen LogP contribution in [0.5, 0.6) is 5.75 Å². The Morgan fingerprint density at radius 2 is 2.00 bits per heavy atom. The van der Waals surface area contributed by atoms with Crippen LogP contribution in [0.2, 0.25) is 0 Å². The van der Waals surface area contributed by atoms with Gasteiger partial charge in [0.2, 0.25) is 0 Å². The van der Waals surface area contributed by atoms with Gasteiger partial charge in [0.25, 0.3) is 0 Å². The van der Waals surface area contributed by atoms with Crippen LogP contribution in [0.4, 0.5) is 0 Å². The molecule has 1 aliphatic rings. The van der Waals surface area contributed by atoms with Crippen LogP contribution in [0.25, 0.3) is 0 Å². The van der Waals surface area contributed by atoms with Gasteiger partial charge in [0.15, 0.2) is 5.96 Å². The third kappa shape index (κ3) is 6.90. The second-order valence-corrected chi connectivity index (χ2v) is 7.52. The van der Waals surface area contributed by atoms with Crippen LogP contribution in [0.15, 0.2) is 47.2 Å². The zero-order valence-corrected chi connectivity index (χ0v) is 18.2. The highest BCUT2D eigenvalue weighted by molar-refractivity contribution is 5.79. The molecule has 0 saturated heterocycles. The van der Waals surface area contributed by atoms with E-state index in [1.807, 2.05) is 12.1 Å². The van der Waals surface area contributed by atoms with E-state index in [1.54, 1.807) is 19.0 Å². The summed E-state index contributed by atoms with van der Waals surface area (Å²) in [6.07, 6.45) is 11.3. The smallest absolute Gasteiger partial charge is 0.191 e. The number of guanidine groups is 1. The van der Waals surface area contributed by atoms with Crippen molar-refractivity contribution < 1.29 is 4.74 Å². The van der Waals surface area contributed by atoms with E-state index in [4.69, 9.17) is 9.73 Å². The third-order valence-corrected chi connectivity index (χ3v) is 5.36. The van der Waals surface area contributed by atoms with Gasteiger partial charge in [-0.05, 0) is 49.8 Å². The normalized spacial score (nSPS) is 14.3. The molecule has 162 valence electrons. The fraction of sp³-hybridized carbons (Fsp3) is 0.522. The first-order chi connectivity index (χ1) is 14.8. The van der Waals surface area contributed by atoms with E-state index in [0.717, 1.165) is 55.6 Å². The van der Waals surface area contributed by atoms with Gasteiger partial charge in [-0.3, -0.25) is 0 Å². The van der Waals surface area contributed by atoms with E-state index >= 15 is 0 Å². The van der Waals surface area contributed by atoms with E-state index in [2.05, 4.69) is 50.5 Å². The Hall–Kier alpha value is -2.83. The van der Waals surface area contributed by atoms with Crippen molar-refractivity contribution in [1.82, 2.24) is 25.4 Å². The highest BCUT2D eigenvalue weighted by Gasteiger charge is 2.06. The van der Waals surface area contributed by atoms with Crippen LogP contribution in [0.1, 0.15) is 50.4 Å². The number of aryl methyl sites for hydroxylation is 1. The fourth-order valence-electron chi connectivity index (χ4n) is 3.58. The van der Waals surface area contributed by atoms with E-state index in [9.17, 15) is 0 Å². The molecule has 0 saturated carbocycles. The van der Waals surface area contributed by atoms with Crippen LogP contribution < -0.4 is 15.4 Å². The Labute approximate surface area is 179 Å². The summed E-state index contributed by atoms with van der Waals surface area (Å²) in [7, 11) is 1.68. The molecule has 1 aromatic carbocycles. The van der Waals surface area contributed by atoms with Gasteiger partial charge in [0.1, 0.15) is 17.9 Å². The highest BCUT2D eigenvalue weighted by atomic mass is 16.5. The molecule has 0 aliphatic heterocycles. The summed E-state index contributed by atoms with van der Waals surface area (Å²) in [4.78, 5) is 4.79. The lowest BCUT2D eigenvalue weighted by Crippen LogP contribution is -2.39. The number of hydrogen-bond acceptors (Lipinski definition) is 4. The first kappa shape index (κ1) is 21.9. The number of hydrogen-bond donors (Lipinski definition) is 2. The van der Waals surface area contributed by atoms with Gasteiger partial charge >= 0.3 is 0 Å². The number of allylic oxidation sites excluding steroid dienone is 1. The molecule has 2 aromatic rings. The topological polar surface area (TPSA) is 76.4 Å². The number of methoxy groups -OCH3 is 1. The van der Waals surface area contributed by atoms with Gasteiger partial charge in [-0.25, -0.2) is 4.99 Å². The Balaban J connectivity index is 1.55. The maximum atomic E-state index is 5.23. The lowest BCUT2D eigenvalue weighted by atomic mass is 9.97. The Morgan fingerprint density at radius 1 is 1.17 bits per heavy atom. The fourth-order valence-corrected chi connectivity index (χ4v) is 3.58. The van der Waals surface area contributed by atoms with Crippen molar-refractivity contribution in [3.05, 3.63) is 53.6 Å². The number of aromatic nitrogens is 3. The van der Waals surface area contributed by atoms with Gasteiger partial charge in [-0.1, -0.05) is 30.7 Å². The van der Waals surface area contributed by atoms with Crippen LogP contribution in [0.3, 0.4) is 0 Å². The second kappa shape index (κ2) is 12.0. The van der Waals surface area contributed by atoms with Crippen molar-refractivity contribution in [3.8, 4) is 5.75 Å². The van der Waals surface area contributed by atoms with Crippen molar-refractivity contribution in [2.24, 2.45) is 4.99 Å². The Bertz CT molecular complexity index is 824. The molecular weight excluding hydrogens is 376 g/mol. The van der Waals surface area contributed by atoms with E-state index in [0.29, 0.717) is 6.54 Å². The van der Waals surface area contributed by atoms with Gasteiger partial charge in [0.05, 0.1) is 13.7 Å².